The van der Waals surface area contributed by atoms with E-state index in [1.807, 2.05) is 81.5 Å². The van der Waals surface area contributed by atoms with Gasteiger partial charge in [-0.05, 0) is 81.8 Å². The highest BCUT2D eigenvalue weighted by Crippen LogP contribution is 2.34. The number of hydrogen-bond donors (Lipinski definition) is 2. The Morgan fingerprint density at radius 2 is 1.76 bits per heavy atom. The molecule has 0 amide bonds. The van der Waals surface area contributed by atoms with E-state index in [-0.39, 0.29) is 6.10 Å². The van der Waals surface area contributed by atoms with Crippen molar-refractivity contribution in [2.75, 3.05) is 7.11 Å². The smallest absolute Gasteiger partial charge is 0.336 e. The molecule has 1 saturated heterocycles. The summed E-state index contributed by atoms with van der Waals surface area (Å²) in [4.78, 5) is 11.9. The molecule has 1 unspecified atom stereocenters. The average molecular weight is 525 g/mol. The minimum absolute atomic E-state index is 0.309. The van der Waals surface area contributed by atoms with Crippen LogP contribution in [0.4, 0.5) is 0 Å². The van der Waals surface area contributed by atoms with Gasteiger partial charge in [0, 0.05) is 0 Å². The van der Waals surface area contributed by atoms with Gasteiger partial charge in [-0.15, -0.1) is 0 Å². The zero-order valence-corrected chi connectivity index (χ0v) is 23.1. The normalized spacial score (nSPS) is 20.7. The van der Waals surface area contributed by atoms with Crippen LogP contribution in [0.1, 0.15) is 66.2 Å². The molecule has 206 valence electrons. The van der Waals surface area contributed by atoms with Crippen molar-refractivity contribution in [3.8, 4) is 5.75 Å². The first-order valence-electron chi connectivity index (χ1n) is 13.0. The summed E-state index contributed by atoms with van der Waals surface area (Å²) < 4.78 is 24.1. The molecule has 3 rings (SSSR count). The molecule has 2 aromatic rings. The number of rotatable bonds is 12. The molecule has 0 aliphatic carbocycles. The third-order valence-electron chi connectivity index (χ3n) is 6.49. The lowest BCUT2D eigenvalue weighted by atomic mass is 9.96. The lowest BCUT2D eigenvalue weighted by Gasteiger charge is -2.24. The van der Waals surface area contributed by atoms with Crippen LogP contribution in [0, 0.1) is 13.8 Å². The predicted octanol–water partition coefficient (Wildman–Crippen LogP) is 5.85. The highest BCUT2D eigenvalue weighted by atomic mass is 16.8. The monoisotopic (exact) mass is 524 g/mol. The molecule has 1 heterocycles. The van der Waals surface area contributed by atoms with Crippen LogP contribution in [-0.4, -0.2) is 53.5 Å². The van der Waals surface area contributed by atoms with Gasteiger partial charge in [0.15, 0.2) is 5.79 Å². The van der Waals surface area contributed by atoms with Crippen LogP contribution in [0.3, 0.4) is 0 Å². The fraction of sp³-hybridized carbons (Fsp3) is 0.452. The second-order valence-corrected chi connectivity index (χ2v) is 10.2. The van der Waals surface area contributed by atoms with Crippen molar-refractivity contribution in [2.45, 2.75) is 84.3 Å². The van der Waals surface area contributed by atoms with Gasteiger partial charge in [0.05, 0.1) is 31.5 Å². The van der Waals surface area contributed by atoms with E-state index in [0.29, 0.717) is 30.6 Å². The average Bonchev–Trinajstić information content (AvgIpc) is 3.17. The number of aliphatic hydroxyl groups excluding tert-OH is 1. The largest absolute Gasteiger partial charge is 0.497 e. The SMILES string of the molecule is COc1ccc(COC(/C=C\C[C@H](C)O)[C@H]2OC(C)(C)O[C@@H]2C/C=C/c2c(C)ccc(C)c2C(=O)O)cc1. The van der Waals surface area contributed by atoms with Crippen molar-refractivity contribution in [3.05, 3.63) is 82.4 Å². The van der Waals surface area contributed by atoms with Gasteiger partial charge < -0.3 is 29.2 Å². The van der Waals surface area contributed by atoms with Gasteiger partial charge in [0.25, 0.3) is 0 Å². The van der Waals surface area contributed by atoms with Gasteiger partial charge >= 0.3 is 5.97 Å². The van der Waals surface area contributed by atoms with Crippen molar-refractivity contribution in [3.63, 3.8) is 0 Å². The molecule has 1 aliphatic heterocycles. The van der Waals surface area contributed by atoms with Crippen LogP contribution < -0.4 is 4.74 Å². The van der Waals surface area contributed by atoms with E-state index >= 15 is 0 Å². The number of methoxy groups -OCH3 is 1. The highest BCUT2D eigenvalue weighted by Gasteiger charge is 2.44. The number of ether oxygens (including phenoxy) is 4. The van der Waals surface area contributed by atoms with Crippen molar-refractivity contribution >= 4 is 12.0 Å². The molecule has 2 aromatic carbocycles. The molecular formula is C31H40O7. The summed E-state index contributed by atoms with van der Waals surface area (Å²) in [5, 5.41) is 19.5. The second-order valence-electron chi connectivity index (χ2n) is 10.2. The van der Waals surface area contributed by atoms with Crippen molar-refractivity contribution in [1.82, 2.24) is 0 Å². The quantitative estimate of drug-likeness (QED) is 0.337. The highest BCUT2D eigenvalue weighted by molar-refractivity contribution is 5.94. The van der Waals surface area contributed by atoms with Crippen LogP contribution >= 0.6 is 0 Å². The van der Waals surface area contributed by atoms with Crippen LogP contribution in [-0.2, 0) is 20.8 Å². The lowest BCUT2D eigenvalue weighted by molar-refractivity contribution is -0.156. The van der Waals surface area contributed by atoms with E-state index in [2.05, 4.69) is 0 Å². The van der Waals surface area contributed by atoms with E-state index in [0.717, 1.165) is 22.4 Å². The molecule has 38 heavy (non-hydrogen) atoms. The van der Waals surface area contributed by atoms with Crippen LogP contribution in [0.25, 0.3) is 6.08 Å². The third-order valence-corrected chi connectivity index (χ3v) is 6.49. The Morgan fingerprint density at radius 3 is 2.39 bits per heavy atom. The summed E-state index contributed by atoms with van der Waals surface area (Å²) in [6, 6.07) is 11.4. The summed E-state index contributed by atoms with van der Waals surface area (Å²) in [5.41, 5.74) is 3.61. The first-order valence-corrected chi connectivity index (χ1v) is 13.0. The van der Waals surface area contributed by atoms with Crippen LogP contribution in [0.15, 0.2) is 54.6 Å². The van der Waals surface area contributed by atoms with Gasteiger partial charge in [0.2, 0.25) is 0 Å². The molecular weight excluding hydrogens is 484 g/mol. The topological polar surface area (TPSA) is 94.5 Å². The number of benzene rings is 2. The van der Waals surface area contributed by atoms with Crippen molar-refractivity contribution in [1.29, 1.82) is 0 Å². The Balaban J connectivity index is 1.81. The molecule has 0 bridgehead atoms. The number of carboxylic acids is 1. The molecule has 0 radical (unpaired) electrons. The number of aryl methyl sites for hydroxylation is 2. The Kier molecular flexibility index (Phi) is 10.3. The number of carboxylic acid groups (broad SMARTS) is 1. The Hall–Kier alpha value is -2.97. The summed E-state index contributed by atoms with van der Waals surface area (Å²) in [7, 11) is 1.63. The van der Waals surface area contributed by atoms with E-state index in [1.54, 1.807) is 21.0 Å². The summed E-state index contributed by atoms with van der Waals surface area (Å²) in [6.07, 6.45) is 7.01. The Labute approximate surface area is 225 Å². The van der Waals surface area contributed by atoms with E-state index in [1.165, 1.54) is 0 Å². The molecule has 4 atom stereocenters. The minimum atomic E-state index is -0.944. The fourth-order valence-corrected chi connectivity index (χ4v) is 4.56. The van der Waals surface area contributed by atoms with Crippen LogP contribution in [0.2, 0.25) is 0 Å². The van der Waals surface area contributed by atoms with Crippen LogP contribution in [0.5, 0.6) is 5.75 Å². The number of aliphatic hydroxyl groups is 1. The summed E-state index contributed by atoms with van der Waals surface area (Å²) >= 11 is 0. The molecule has 0 spiro atoms. The fourth-order valence-electron chi connectivity index (χ4n) is 4.56. The number of aromatic carboxylic acids is 1. The zero-order valence-electron chi connectivity index (χ0n) is 23.1. The Morgan fingerprint density at radius 1 is 1.08 bits per heavy atom. The maximum Gasteiger partial charge on any atom is 0.336 e. The zero-order chi connectivity index (χ0) is 27.9. The second kappa shape index (κ2) is 13.2. The number of hydrogen-bond acceptors (Lipinski definition) is 6. The van der Waals surface area contributed by atoms with Gasteiger partial charge in [0.1, 0.15) is 18.0 Å². The summed E-state index contributed by atoms with van der Waals surface area (Å²) in [5.74, 6) is -0.979. The van der Waals surface area contributed by atoms with E-state index < -0.39 is 30.1 Å². The van der Waals surface area contributed by atoms with Gasteiger partial charge in [-0.1, -0.05) is 48.6 Å². The Bertz CT molecular complexity index is 1130. The van der Waals surface area contributed by atoms with E-state index in [9.17, 15) is 15.0 Å². The molecule has 1 fully saturated rings. The lowest BCUT2D eigenvalue weighted by Crippen LogP contribution is -2.36. The maximum atomic E-state index is 11.9. The van der Waals surface area contributed by atoms with Gasteiger partial charge in [-0.2, -0.15) is 0 Å². The van der Waals surface area contributed by atoms with E-state index in [4.69, 9.17) is 18.9 Å². The third kappa shape index (κ3) is 8.01. The first-order chi connectivity index (χ1) is 18.0. The molecule has 0 saturated carbocycles. The molecule has 0 aromatic heterocycles. The summed E-state index contributed by atoms with van der Waals surface area (Å²) in [6.45, 7) is 9.55. The number of carbonyl (C=O) groups is 1. The van der Waals surface area contributed by atoms with Gasteiger partial charge in [-0.25, -0.2) is 4.79 Å². The molecule has 7 nitrogen and oxygen atoms in total. The molecule has 1 aliphatic rings. The first kappa shape index (κ1) is 29.6. The van der Waals surface area contributed by atoms with Crippen molar-refractivity contribution in [2.24, 2.45) is 0 Å². The molecule has 7 heteroatoms. The minimum Gasteiger partial charge on any atom is -0.497 e. The van der Waals surface area contributed by atoms with Crippen molar-refractivity contribution < 1.29 is 34.0 Å². The maximum absolute atomic E-state index is 11.9. The standard InChI is InChI=1S/C31H40O7/c1-20-13-14-21(2)28(30(33)34)25(20)10-8-12-27-29(38-31(4,5)37-27)26(11-7-9-22(3)32)36-19-23-15-17-24(35-6)18-16-23/h7-8,10-11,13-18,22,26-27,29,32H,9,12,19H2,1-6H3,(H,33,34)/b10-8+,11-7-/t22-,26?,27+,29+/m0/s1. The molecule has 2 N–H and O–H groups in total. The van der Waals surface area contributed by atoms with Gasteiger partial charge in [-0.3, -0.25) is 0 Å². The predicted molar refractivity (Wildman–Crippen MR) is 147 cm³/mol.